The lowest BCUT2D eigenvalue weighted by Gasteiger charge is -2.39. The highest BCUT2D eigenvalue weighted by Gasteiger charge is 2.34. The molecule has 0 unspecified atom stereocenters. The molecule has 148 valence electrons. The quantitative estimate of drug-likeness (QED) is 0.694. The van der Waals surface area contributed by atoms with Crippen molar-refractivity contribution < 1.29 is 29.3 Å². The van der Waals surface area contributed by atoms with E-state index in [1.54, 1.807) is 18.2 Å². The largest absolute Gasteiger partial charge is 0.550 e. The van der Waals surface area contributed by atoms with E-state index in [2.05, 4.69) is 5.32 Å². The average molecular weight is 376 g/mol. The minimum Gasteiger partial charge on any atom is -0.550 e. The Kier molecular flexibility index (Phi) is 6.85. The van der Waals surface area contributed by atoms with Gasteiger partial charge in [-0.05, 0) is 56.4 Å². The summed E-state index contributed by atoms with van der Waals surface area (Å²) in [5, 5.41) is 23.5. The van der Waals surface area contributed by atoms with Crippen LogP contribution in [0, 0.1) is 5.92 Å². The summed E-state index contributed by atoms with van der Waals surface area (Å²) in [4.78, 5) is 23.4. The number of hydrogen-bond acceptors (Lipinski definition) is 6. The van der Waals surface area contributed by atoms with Crippen molar-refractivity contribution in [2.75, 3.05) is 13.7 Å². The Morgan fingerprint density at radius 3 is 2.85 bits per heavy atom. The van der Waals surface area contributed by atoms with E-state index < -0.39 is 17.9 Å². The summed E-state index contributed by atoms with van der Waals surface area (Å²) in [7, 11) is 1.44. The van der Waals surface area contributed by atoms with Gasteiger partial charge in [0.2, 0.25) is 5.91 Å². The van der Waals surface area contributed by atoms with Crippen LogP contribution in [0.15, 0.2) is 24.3 Å². The van der Waals surface area contributed by atoms with Gasteiger partial charge in [0, 0.05) is 31.1 Å². The molecular weight excluding hydrogens is 350 g/mol. The van der Waals surface area contributed by atoms with Crippen molar-refractivity contribution in [1.82, 2.24) is 5.32 Å². The van der Waals surface area contributed by atoms with Crippen molar-refractivity contribution in [3.05, 3.63) is 29.8 Å². The van der Waals surface area contributed by atoms with E-state index in [0.29, 0.717) is 30.8 Å². The summed E-state index contributed by atoms with van der Waals surface area (Å²) in [5.41, 5.74) is 0.319. The molecule has 0 saturated carbocycles. The van der Waals surface area contributed by atoms with Crippen molar-refractivity contribution in [2.45, 2.75) is 44.8 Å². The molecule has 0 spiro atoms. The maximum atomic E-state index is 12.3. The molecule has 1 amide bonds. The van der Waals surface area contributed by atoms with Gasteiger partial charge in [0.25, 0.3) is 0 Å². The van der Waals surface area contributed by atoms with Gasteiger partial charge in [0.1, 0.15) is 0 Å². The Balaban J connectivity index is 2.05. The first-order valence-corrected chi connectivity index (χ1v) is 8.89. The summed E-state index contributed by atoms with van der Waals surface area (Å²) >= 11 is 0. The van der Waals surface area contributed by atoms with Crippen molar-refractivity contribution in [1.29, 1.82) is 0 Å². The summed E-state index contributed by atoms with van der Waals surface area (Å²) < 4.78 is 10.7. The number of rotatable bonds is 7. The molecule has 7 heteroatoms. The first-order valence-electron chi connectivity index (χ1n) is 8.89. The Bertz CT molecular complexity index is 712. The Morgan fingerprint density at radius 1 is 1.48 bits per heavy atom. The number of nitrogens with one attached hydrogen (secondary N) is 1. The highest BCUT2D eigenvalue weighted by molar-refractivity contribution is 5.92. The molecule has 1 aliphatic heterocycles. The van der Waals surface area contributed by atoms with Crippen molar-refractivity contribution >= 4 is 18.0 Å². The highest BCUT2D eigenvalue weighted by Crippen LogP contribution is 2.31. The average Bonchev–Trinajstić information content (AvgIpc) is 2.59. The number of phenols is 1. The molecule has 1 aromatic carbocycles. The summed E-state index contributed by atoms with van der Waals surface area (Å²) in [6.45, 7) is 4.44. The number of hydrogen-bond donors (Lipinski definition) is 2. The van der Waals surface area contributed by atoms with Crippen LogP contribution in [0.3, 0.4) is 0 Å². The number of aromatic hydroxyl groups is 1. The lowest BCUT2D eigenvalue weighted by Crippen LogP contribution is -2.48. The highest BCUT2D eigenvalue weighted by atomic mass is 16.5. The molecule has 2 N–H and O–H groups in total. The minimum atomic E-state index is -1.20. The second kappa shape index (κ2) is 8.90. The number of phenolic OH excluding ortho intramolecular Hbond substituents is 1. The molecule has 1 saturated heterocycles. The van der Waals surface area contributed by atoms with Crippen LogP contribution < -0.4 is 15.2 Å². The lowest BCUT2D eigenvalue weighted by atomic mass is 9.82. The second-order valence-electron chi connectivity index (χ2n) is 7.32. The molecule has 27 heavy (non-hydrogen) atoms. The zero-order chi connectivity index (χ0) is 20.0. The zero-order valence-corrected chi connectivity index (χ0v) is 15.9. The topological polar surface area (TPSA) is 108 Å². The van der Waals surface area contributed by atoms with Crippen LogP contribution >= 0.6 is 0 Å². The van der Waals surface area contributed by atoms with E-state index in [1.165, 1.54) is 19.3 Å². The van der Waals surface area contributed by atoms with Gasteiger partial charge in [-0.2, -0.15) is 0 Å². The van der Waals surface area contributed by atoms with Crippen molar-refractivity contribution in [3.63, 3.8) is 0 Å². The van der Waals surface area contributed by atoms with Crippen LogP contribution in [-0.4, -0.2) is 42.3 Å². The number of carbonyl (C=O) groups is 2. The Labute approximate surface area is 159 Å². The second-order valence-corrected chi connectivity index (χ2v) is 7.32. The first kappa shape index (κ1) is 20.8. The maximum Gasteiger partial charge on any atom is 0.244 e. The van der Waals surface area contributed by atoms with E-state index in [1.807, 2.05) is 13.8 Å². The number of ether oxygens (including phenoxy) is 2. The van der Waals surface area contributed by atoms with Gasteiger partial charge in [0.05, 0.1) is 12.7 Å². The number of carboxylic acids is 1. The molecular formula is C20H26NO6-. The smallest absolute Gasteiger partial charge is 0.244 e. The lowest BCUT2D eigenvalue weighted by molar-refractivity contribution is -0.306. The number of aliphatic carboxylic acids is 1. The van der Waals surface area contributed by atoms with Gasteiger partial charge in [0.15, 0.2) is 11.5 Å². The van der Waals surface area contributed by atoms with Gasteiger partial charge in [-0.25, -0.2) is 0 Å². The third-order valence-corrected chi connectivity index (χ3v) is 4.65. The SMILES string of the molecule is COc1cc(/C=C/C(=O)N[C@H](CC(=O)[O-])[C@H]2CCOC(C)(C)C2)ccc1O. The van der Waals surface area contributed by atoms with Crippen molar-refractivity contribution in [2.24, 2.45) is 5.92 Å². The molecule has 7 nitrogen and oxygen atoms in total. The third-order valence-electron chi connectivity index (χ3n) is 4.65. The van der Waals surface area contributed by atoms with Gasteiger partial charge in [-0.3, -0.25) is 4.79 Å². The fourth-order valence-electron chi connectivity index (χ4n) is 3.34. The summed E-state index contributed by atoms with van der Waals surface area (Å²) in [6.07, 6.45) is 4.00. The van der Waals surface area contributed by atoms with E-state index in [9.17, 15) is 19.8 Å². The van der Waals surface area contributed by atoms with Crippen LogP contribution in [0.5, 0.6) is 11.5 Å². The van der Waals surface area contributed by atoms with Crippen LogP contribution in [0.25, 0.3) is 6.08 Å². The number of methoxy groups -OCH3 is 1. The zero-order valence-electron chi connectivity index (χ0n) is 15.9. The molecule has 2 atom stereocenters. The number of benzene rings is 1. The number of carbonyl (C=O) groups excluding carboxylic acids is 2. The molecule has 0 bridgehead atoms. The summed E-state index contributed by atoms with van der Waals surface area (Å²) in [5.74, 6) is -1.28. The number of carboxylic acid groups (broad SMARTS) is 1. The predicted octanol–water partition coefficient (Wildman–Crippen LogP) is 1.24. The fourth-order valence-corrected chi connectivity index (χ4v) is 3.34. The van der Waals surface area contributed by atoms with Crippen molar-refractivity contribution in [3.8, 4) is 11.5 Å². The normalized spacial score (nSPS) is 20.2. The van der Waals surface area contributed by atoms with Crippen LogP contribution in [0.4, 0.5) is 0 Å². The maximum absolute atomic E-state index is 12.3. The number of amides is 1. The molecule has 2 rings (SSSR count). The molecule has 0 aliphatic carbocycles. The van der Waals surface area contributed by atoms with Crippen LogP contribution in [0.1, 0.15) is 38.7 Å². The molecule has 1 aromatic rings. The monoisotopic (exact) mass is 376 g/mol. The third kappa shape index (κ3) is 6.29. The molecule has 1 fully saturated rings. The molecule has 1 heterocycles. The van der Waals surface area contributed by atoms with Crippen LogP contribution in [0.2, 0.25) is 0 Å². The fraction of sp³-hybridized carbons (Fsp3) is 0.500. The van der Waals surface area contributed by atoms with E-state index in [0.717, 1.165) is 0 Å². The van der Waals surface area contributed by atoms with Gasteiger partial charge in [-0.1, -0.05) is 6.07 Å². The van der Waals surface area contributed by atoms with E-state index >= 15 is 0 Å². The Morgan fingerprint density at radius 2 is 2.22 bits per heavy atom. The first-order chi connectivity index (χ1) is 12.7. The minimum absolute atomic E-state index is 0.00207. The van der Waals surface area contributed by atoms with E-state index in [-0.39, 0.29) is 23.7 Å². The standard InChI is InChI=1S/C20H27NO6/c1-20(2)12-14(8-9-27-20)15(11-19(24)25)21-18(23)7-5-13-4-6-16(22)17(10-13)26-3/h4-7,10,14-15,22H,8-9,11-12H2,1-3H3,(H,21,23)(H,24,25)/p-1/b7-5+/t14-,15+/m0/s1. The van der Waals surface area contributed by atoms with Gasteiger partial charge in [-0.15, -0.1) is 0 Å². The molecule has 1 aliphatic rings. The van der Waals surface area contributed by atoms with Crippen LogP contribution in [-0.2, 0) is 14.3 Å². The summed E-state index contributed by atoms with van der Waals surface area (Å²) in [6, 6.07) is 4.18. The van der Waals surface area contributed by atoms with Gasteiger partial charge >= 0.3 is 0 Å². The van der Waals surface area contributed by atoms with Gasteiger partial charge < -0.3 is 29.8 Å². The Hall–Kier alpha value is -2.54. The predicted molar refractivity (Wildman–Crippen MR) is 98.0 cm³/mol. The molecule has 0 radical (unpaired) electrons. The molecule has 0 aromatic heterocycles. The van der Waals surface area contributed by atoms with E-state index in [4.69, 9.17) is 9.47 Å².